The van der Waals surface area contributed by atoms with Crippen molar-refractivity contribution < 1.29 is 13.2 Å². The molecule has 0 fully saturated rings. The van der Waals surface area contributed by atoms with Crippen LogP contribution in [0.1, 0.15) is 5.56 Å². The van der Waals surface area contributed by atoms with Crippen LogP contribution in [0.15, 0.2) is 34.1 Å². The number of primary amides is 1. The maximum atomic E-state index is 11.8. The van der Waals surface area contributed by atoms with E-state index in [0.29, 0.717) is 5.56 Å². The third kappa shape index (κ3) is 1.27. The summed E-state index contributed by atoms with van der Waals surface area (Å²) < 4.78 is 23.6. The lowest BCUT2D eigenvalue weighted by Gasteiger charge is -1.98. The van der Waals surface area contributed by atoms with E-state index in [0.717, 1.165) is 0 Å². The van der Waals surface area contributed by atoms with Gasteiger partial charge >= 0.3 is 0 Å². The lowest BCUT2D eigenvalue weighted by molar-refractivity contribution is -0.113. The summed E-state index contributed by atoms with van der Waals surface area (Å²) in [5.74, 6) is -1.03. The minimum atomic E-state index is -3.82. The third-order valence-electron chi connectivity index (χ3n) is 2.10. The second-order valence-electron chi connectivity index (χ2n) is 3.01. The van der Waals surface area contributed by atoms with Crippen LogP contribution in [0.25, 0.3) is 5.03 Å². The van der Waals surface area contributed by atoms with Gasteiger partial charge in [0.2, 0.25) is 9.84 Å². The molecule has 15 heavy (non-hydrogen) atoms. The lowest BCUT2D eigenvalue weighted by atomic mass is 10.2. The van der Waals surface area contributed by atoms with Crippen LogP contribution in [0.5, 0.6) is 0 Å². The van der Waals surface area contributed by atoms with E-state index in [1.165, 1.54) is 12.1 Å². The summed E-state index contributed by atoms with van der Waals surface area (Å²) in [7, 11) is -3.82. The number of carbonyl (C=O) groups is 1. The number of hydrogen-bond donors (Lipinski definition) is 1. The number of benzene rings is 1. The Morgan fingerprint density at radius 2 is 1.87 bits per heavy atom. The fraction of sp³-hybridized carbons (Fsp3) is 0. The van der Waals surface area contributed by atoms with E-state index in [1.54, 1.807) is 12.1 Å². The van der Waals surface area contributed by atoms with Gasteiger partial charge in [-0.05, 0) is 6.07 Å². The molecule has 0 saturated heterocycles. The first kappa shape index (κ1) is 10.2. The summed E-state index contributed by atoms with van der Waals surface area (Å²) in [6.45, 7) is 0. The van der Waals surface area contributed by atoms with Crippen LogP contribution in [-0.2, 0) is 14.6 Å². The lowest BCUT2D eigenvalue weighted by Crippen LogP contribution is -2.19. The number of fused-ring (bicyclic) bond motifs is 1. The highest BCUT2D eigenvalue weighted by molar-refractivity contribution is 7.97. The molecule has 6 heteroatoms. The van der Waals surface area contributed by atoms with Crippen molar-refractivity contribution in [2.75, 3.05) is 0 Å². The van der Waals surface area contributed by atoms with Crippen LogP contribution in [0.4, 0.5) is 0 Å². The minimum Gasteiger partial charge on any atom is -0.365 e. The fourth-order valence-corrected chi connectivity index (χ4v) is 3.64. The Balaban J connectivity index is 2.86. The Bertz CT molecular complexity index is 589. The molecule has 0 saturated carbocycles. The van der Waals surface area contributed by atoms with Crippen LogP contribution < -0.4 is 5.73 Å². The predicted octanol–water partition coefficient (Wildman–Crippen LogP) is 0.867. The molecule has 1 heterocycles. The molecule has 1 aliphatic heterocycles. The monoisotopic (exact) mass is 243 g/mol. The van der Waals surface area contributed by atoms with Gasteiger partial charge in [-0.3, -0.25) is 4.79 Å². The normalized spacial score (nSPS) is 17.7. The van der Waals surface area contributed by atoms with Gasteiger partial charge in [-0.15, -0.1) is 0 Å². The summed E-state index contributed by atoms with van der Waals surface area (Å²) in [4.78, 5) is 10.5. The predicted molar refractivity (Wildman–Crippen MR) is 55.6 cm³/mol. The van der Waals surface area contributed by atoms with Crippen molar-refractivity contribution in [3.8, 4) is 0 Å². The van der Waals surface area contributed by atoms with Crippen LogP contribution in [0, 0.1) is 0 Å². The van der Waals surface area contributed by atoms with Crippen molar-refractivity contribution in [3.05, 3.63) is 34.7 Å². The van der Waals surface area contributed by atoms with Gasteiger partial charge in [0.05, 0.1) is 9.93 Å². The van der Waals surface area contributed by atoms with E-state index in [-0.39, 0.29) is 9.93 Å². The fourth-order valence-electron chi connectivity index (χ4n) is 1.47. The van der Waals surface area contributed by atoms with Gasteiger partial charge in [0.15, 0.2) is 4.91 Å². The number of carbonyl (C=O) groups excluding carboxylic acids is 1. The van der Waals surface area contributed by atoms with Gasteiger partial charge in [-0.2, -0.15) is 0 Å². The summed E-state index contributed by atoms with van der Waals surface area (Å²) in [6, 6.07) is 6.12. The molecule has 0 radical (unpaired) electrons. The largest absolute Gasteiger partial charge is 0.365 e. The number of halogens is 1. The highest BCUT2D eigenvalue weighted by Gasteiger charge is 2.37. The van der Waals surface area contributed by atoms with E-state index < -0.39 is 20.6 Å². The molecule has 1 amide bonds. The number of amides is 1. The minimum absolute atomic E-state index is 0.0313. The number of hydrogen-bond acceptors (Lipinski definition) is 3. The molecule has 0 aliphatic carbocycles. The van der Waals surface area contributed by atoms with Gasteiger partial charge in [0, 0.05) is 5.56 Å². The first-order valence-corrected chi connectivity index (χ1v) is 5.86. The van der Waals surface area contributed by atoms with Crippen molar-refractivity contribution in [1.82, 2.24) is 0 Å². The topological polar surface area (TPSA) is 77.2 Å². The van der Waals surface area contributed by atoms with Gasteiger partial charge in [0.1, 0.15) is 0 Å². The maximum absolute atomic E-state index is 11.8. The van der Waals surface area contributed by atoms with Crippen LogP contribution >= 0.6 is 11.6 Å². The average molecular weight is 244 g/mol. The van der Waals surface area contributed by atoms with Crippen molar-refractivity contribution in [3.63, 3.8) is 0 Å². The standard InChI is InChI=1S/C9H6ClNO3S/c10-7-5-3-1-2-4-6(5)15(13,14)8(7)9(11)12/h1-4H,(H2,11,12). The highest BCUT2D eigenvalue weighted by Crippen LogP contribution is 2.40. The Kier molecular flexibility index (Phi) is 2.09. The van der Waals surface area contributed by atoms with E-state index in [2.05, 4.69) is 0 Å². The Hall–Kier alpha value is -1.33. The summed E-state index contributed by atoms with van der Waals surface area (Å²) in [5.41, 5.74) is 5.31. The second kappa shape index (κ2) is 3.08. The molecule has 2 N–H and O–H groups in total. The van der Waals surface area contributed by atoms with Gasteiger partial charge in [-0.1, -0.05) is 29.8 Å². The molecule has 2 rings (SSSR count). The number of sulfone groups is 1. The average Bonchev–Trinajstić information content (AvgIpc) is 2.36. The van der Waals surface area contributed by atoms with Gasteiger partial charge in [0.25, 0.3) is 5.91 Å². The van der Waals surface area contributed by atoms with Crippen molar-refractivity contribution in [2.24, 2.45) is 5.73 Å². The number of nitrogens with two attached hydrogens (primary N) is 1. The molecule has 0 aromatic heterocycles. The van der Waals surface area contributed by atoms with E-state index >= 15 is 0 Å². The summed E-state index contributed by atoms with van der Waals surface area (Å²) in [6.07, 6.45) is 0. The first-order valence-electron chi connectivity index (χ1n) is 4.00. The molecule has 4 nitrogen and oxygen atoms in total. The summed E-state index contributed by atoms with van der Waals surface area (Å²) >= 11 is 5.79. The first-order chi connectivity index (χ1) is 6.96. The zero-order valence-corrected chi connectivity index (χ0v) is 8.97. The van der Waals surface area contributed by atoms with Crippen molar-refractivity contribution >= 4 is 32.4 Å². The zero-order chi connectivity index (χ0) is 11.2. The molecule has 0 spiro atoms. The highest BCUT2D eigenvalue weighted by atomic mass is 35.5. The SMILES string of the molecule is NC(=O)C1=C(Cl)c2ccccc2S1(=O)=O. The molecule has 0 bridgehead atoms. The van der Waals surface area contributed by atoms with Crippen molar-refractivity contribution in [1.29, 1.82) is 0 Å². The van der Waals surface area contributed by atoms with Crippen molar-refractivity contribution in [2.45, 2.75) is 4.90 Å². The molecule has 1 aliphatic rings. The number of rotatable bonds is 1. The van der Waals surface area contributed by atoms with E-state index in [9.17, 15) is 13.2 Å². The third-order valence-corrected chi connectivity index (χ3v) is 4.49. The van der Waals surface area contributed by atoms with Crippen LogP contribution in [0.3, 0.4) is 0 Å². The Morgan fingerprint density at radius 3 is 2.40 bits per heavy atom. The molecular formula is C9H6ClNO3S. The second-order valence-corrected chi connectivity index (χ2v) is 5.24. The zero-order valence-electron chi connectivity index (χ0n) is 7.40. The van der Waals surface area contributed by atoms with E-state index in [4.69, 9.17) is 17.3 Å². The smallest absolute Gasteiger partial charge is 0.262 e. The quantitative estimate of drug-likeness (QED) is 0.795. The Morgan fingerprint density at radius 1 is 1.27 bits per heavy atom. The molecular weight excluding hydrogens is 238 g/mol. The molecule has 0 unspecified atom stereocenters. The Labute approximate surface area is 91.3 Å². The van der Waals surface area contributed by atoms with E-state index in [1.807, 2.05) is 0 Å². The molecule has 1 aromatic carbocycles. The van der Waals surface area contributed by atoms with Gasteiger partial charge in [-0.25, -0.2) is 8.42 Å². The molecule has 78 valence electrons. The molecule has 1 aromatic rings. The maximum Gasteiger partial charge on any atom is 0.262 e. The van der Waals surface area contributed by atoms with Crippen LogP contribution in [0.2, 0.25) is 0 Å². The van der Waals surface area contributed by atoms with Crippen LogP contribution in [-0.4, -0.2) is 14.3 Å². The van der Waals surface area contributed by atoms with Gasteiger partial charge < -0.3 is 5.73 Å². The molecule has 0 atom stereocenters. The summed E-state index contributed by atoms with van der Waals surface area (Å²) in [5, 5.41) is -0.0990.